The highest BCUT2D eigenvalue weighted by Gasteiger charge is 2.19. The Labute approximate surface area is 134 Å². The van der Waals surface area contributed by atoms with Crippen LogP contribution in [0.4, 0.5) is 5.82 Å². The third kappa shape index (κ3) is 3.30. The number of para-hydroxylation sites is 1. The zero-order valence-corrected chi connectivity index (χ0v) is 12.7. The number of hydrogen-bond donors (Lipinski definition) is 2. The first-order valence-corrected chi connectivity index (χ1v) is 7.31. The lowest BCUT2D eigenvalue weighted by molar-refractivity contribution is -0.124. The number of carbonyl (C=O) groups is 1. The smallest absolute Gasteiger partial charge is 0.259 e. The summed E-state index contributed by atoms with van der Waals surface area (Å²) in [6.45, 7) is 1.86. The summed E-state index contributed by atoms with van der Waals surface area (Å²) < 4.78 is 1.69. The molecule has 23 heavy (non-hydrogen) atoms. The highest BCUT2D eigenvalue weighted by Crippen LogP contribution is 2.19. The van der Waals surface area contributed by atoms with Crippen molar-refractivity contribution in [2.24, 2.45) is 0 Å². The van der Waals surface area contributed by atoms with Crippen molar-refractivity contribution < 1.29 is 9.90 Å². The van der Waals surface area contributed by atoms with Gasteiger partial charge in [-0.15, -0.1) is 5.10 Å². The first kappa shape index (κ1) is 15.0. The average molecular weight is 307 g/mol. The van der Waals surface area contributed by atoms with Crippen LogP contribution in [0.25, 0.3) is 5.69 Å². The Morgan fingerprint density at radius 2 is 1.70 bits per heavy atom. The molecule has 5 heteroatoms. The summed E-state index contributed by atoms with van der Waals surface area (Å²) in [5.41, 5.74) is 2.27. The van der Waals surface area contributed by atoms with Gasteiger partial charge in [0, 0.05) is 11.8 Å². The van der Waals surface area contributed by atoms with Gasteiger partial charge in [0.2, 0.25) is 0 Å². The maximum absolute atomic E-state index is 12.2. The molecule has 116 valence electrons. The number of aryl methyl sites for hydroxylation is 1. The van der Waals surface area contributed by atoms with Crippen LogP contribution in [0.2, 0.25) is 0 Å². The van der Waals surface area contributed by atoms with Crippen molar-refractivity contribution in [3.63, 3.8) is 0 Å². The second-order valence-corrected chi connectivity index (χ2v) is 5.24. The molecule has 1 heterocycles. The number of aliphatic hydroxyl groups is 1. The molecule has 2 N–H and O–H groups in total. The third-order valence-electron chi connectivity index (χ3n) is 3.52. The number of aromatic nitrogens is 2. The minimum absolute atomic E-state index is 0.439. The van der Waals surface area contributed by atoms with Crippen LogP contribution in [-0.2, 0) is 4.79 Å². The molecule has 0 aliphatic rings. The van der Waals surface area contributed by atoms with E-state index in [4.69, 9.17) is 0 Å². The van der Waals surface area contributed by atoms with Gasteiger partial charge in [-0.1, -0.05) is 48.5 Å². The molecular formula is C18H17N3O2. The highest BCUT2D eigenvalue weighted by atomic mass is 16.3. The maximum atomic E-state index is 12.2. The van der Waals surface area contributed by atoms with E-state index in [1.165, 1.54) is 0 Å². The molecule has 3 rings (SSSR count). The van der Waals surface area contributed by atoms with E-state index < -0.39 is 12.0 Å². The molecular weight excluding hydrogens is 290 g/mol. The van der Waals surface area contributed by atoms with Crippen LogP contribution in [0.15, 0.2) is 66.9 Å². The molecule has 2 aromatic carbocycles. The highest BCUT2D eigenvalue weighted by molar-refractivity contribution is 5.94. The van der Waals surface area contributed by atoms with Crippen LogP contribution in [-0.4, -0.2) is 20.8 Å². The van der Waals surface area contributed by atoms with Gasteiger partial charge >= 0.3 is 0 Å². The van der Waals surface area contributed by atoms with Gasteiger partial charge in [0.15, 0.2) is 11.9 Å². The van der Waals surface area contributed by atoms with Gasteiger partial charge in [-0.3, -0.25) is 4.79 Å². The van der Waals surface area contributed by atoms with Gasteiger partial charge in [-0.2, -0.15) is 0 Å². The predicted molar refractivity (Wildman–Crippen MR) is 88.3 cm³/mol. The van der Waals surface area contributed by atoms with Crippen molar-refractivity contribution in [2.45, 2.75) is 13.0 Å². The number of carbonyl (C=O) groups excluding carboxylic acids is 1. The van der Waals surface area contributed by atoms with Gasteiger partial charge in [0.1, 0.15) is 0 Å². The summed E-state index contributed by atoms with van der Waals surface area (Å²) in [4.78, 5) is 12.2. The number of rotatable bonds is 4. The second kappa shape index (κ2) is 6.46. The van der Waals surface area contributed by atoms with Crippen LogP contribution >= 0.6 is 0 Å². The average Bonchev–Trinajstić information content (AvgIpc) is 2.96. The third-order valence-corrected chi connectivity index (χ3v) is 3.52. The Morgan fingerprint density at radius 1 is 1.09 bits per heavy atom. The first-order valence-electron chi connectivity index (χ1n) is 7.31. The standard InChI is InChI=1S/C18H17N3O2/c1-13-12-21(15-10-6-3-7-11-15)20-17(13)19-18(23)16(22)14-8-4-2-5-9-14/h2-12,16,22H,1H3,(H,19,20,23). The molecule has 0 bridgehead atoms. The number of amides is 1. The molecule has 3 aromatic rings. The number of aliphatic hydroxyl groups excluding tert-OH is 1. The zero-order valence-electron chi connectivity index (χ0n) is 12.7. The Bertz CT molecular complexity index is 798. The molecule has 0 saturated carbocycles. The monoisotopic (exact) mass is 307 g/mol. The number of nitrogens with zero attached hydrogens (tertiary/aromatic N) is 2. The van der Waals surface area contributed by atoms with Crippen molar-refractivity contribution >= 4 is 11.7 Å². The normalized spacial score (nSPS) is 11.9. The molecule has 1 aromatic heterocycles. The van der Waals surface area contributed by atoms with Gasteiger partial charge < -0.3 is 10.4 Å². The minimum atomic E-state index is -1.22. The molecule has 0 radical (unpaired) electrons. The number of nitrogens with one attached hydrogen (secondary N) is 1. The van der Waals surface area contributed by atoms with E-state index in [-0.39, 0.29) is 0 Å². The van der Waals surface area contributed by atoms with Crippen LogP contribution in [0.5, 0.6) is 0 Å². The van der Waals surface area contributed by atoms with Gasteiger partial charge in [0.25, 0.3) is 5.91 Å². The Morgan fingerprint density at radius 3 is 2.35 bits per heavy atom. The Kier molecular flexibility index (Phi) is 4.21. The molecule has 0 fully saturated rings. The largest absolute Gasteiger partial charge is 0.378 e. The fourth-order valence-corrected chi connectivity index (χ4v) is 2.27. The lowest BCUT2D eigenvalue weighted by atomic mass is 10.1. The molecule has 0 saturated heterocycles. The molecule has 1 unspecified atom stereocenters. The van der Waals surface area contributed by atoms with E-state index in [1.807, 2.05) is 49.5 Å². The Hall–Kier alpha value is -2.92. The second-order valence-electron chi connectivity index (χ2n) is 5.24. The minimum Gasteiger partial charge on any atom is -0.378 e. The molecule has 1 amide bonds. The summed E-state index contributed by atoms with van der Waals surface area (Å²) in [7, 11) is 0. The van der Waals surface area contributed by atoms with E-state index in [1.54, 1.807) is 28.9 Å². The van der Waals surface area contributed by atoms with Crippen molar-refractivity contribution in [2.75, 3.05) is 5.32 Å². The maximum Gasteiger partial charge on any atom is 0.259 e. The predicted octanol–water partition coefficient (Wildman–Crippen LogP) is 2.85. The summed E-state index contributed by atoms with van der Waals surface area (Å²) >= 11 is 0. The molecule has 1 atom stereocenters. The fraction of sp³-hybridized carbons (Fsp3) is 0.111. The van der Waals surface area contributed by atoms with Gasteiger partial charge in [0.05, 0.1) is 5.69 Å². The lowest BCUT2D eigenvalue weighted by Gasteiger charge is -2.10. The number of benzene rings is 2. The van der Waals surface area contributed by atoms with Crippen LogP contribution in [0.1, 0.15) is 17.2 Å². The van der Waals surface area contributed by atoms with E-state index >= 15 is 0 Å². The van der Waals surface area contributed by atoms with E-state index in [0.717, 1.165) is 11.3 Å². The van der Waals surface area contributed by atoms with Gasteiger partial charge in [-0.05, 0) is 24.6 Å². The lowest BCUT2D eigenvalue weighted by Crippen LogP contribution is -2.21. The zero-order chi connectivity index (χ0) is 16.2. The summed E-state index contributed by atoms with van der Waals surface area (Å²) in [5.74, 6) is -0.0635. The van der Waals surface area contributed by atoms with Crippen LogP contribution < -0.4 is 5.32 Å². The summed E-state index contributed by atoms with van der Waals surface area (Å²) in [5, 5.41) is 17.2. The van der Waals surface area contributed by atoms with E-state index in [0.29, 0.717) is 11.4 Å². The summed E-state index contributed by atoms with van der Waals surface area (Å²) in [6, 6.07) is 18.4. The van der Waals surface area contributed by atoms with Crippen LogP contribution in [0, 0.1) is 6.92 Å². The molecule has 0 aliphatic carbocycles. The van der Waals surface area contributed by atoms with Crippen molar-refractivity contribution in [3.05, 3.63) is 78.0 Å². The quantitative estimate of drug-likeness (QED) is 0.779. The fourth-order valence-electron chi connectivity index (χ4n) is 2.27. The van der Waals surface area contributed by atoms with E-state index in [9.17, 15) is 9.90 Å². The number of hydrogen-bond acceptors (Lipinski definition) is 3. The molecule has 5 nitrogen and oxygen atoms in total. The summed E-state index contributed by atoms with van der Waals surface area (Å²) in [6.07, 6.45) is 0.609. The van der Waals surface area contributed by atoms with Crippen molar-refractivity contribution in [1.29, 1.82) is 0 Å². The molecule has 0 aliphatic heterocycles. The van der Waals surface area contributed by atoms with Crippen molar-refractivity contribution in [3.8, 4) is 5.69 Å². The first-order chi connectivity index (χ1) is 11.1. The van der Waals surface area contributed by atoms with E-state index in [2.05, 4.69) is 10.4 Å². The Balaban J connectivity index is 1.78. The van der Waals surface area contributed by atoms with Crippen LogP contribution in [0.3, 0.4) is 0 Å². The van der Waals surface area contributed by atoms with Crippen molar-refractivity contribution in [1.82, 2.24) is 9.78 Å². The topological polar surface area (TPSA) is 67.2 Å². The SMILES string of the molecule is Cc1cn(-c2ccccc2)nc1NC(=O)C(O)c1ccccc1. The molecule has 0 spiro atoms. The van der Waals surface area contributed by atoms with Gasteiger partial charge in [-0.25, -0.2) is 4.68 Å². The number of anilines is 1.